The van der Waals surface area contributed by atoms with E-state index < -0.39 is 0 Å². The molecule has 2 rings (SSSR count). The van der Waals surface area contributed by atoms with Crippen LogP contribution in [0.2, 0.25) is 0 Å². The van der Waals surface area contributed by atoms with Gasteiger partial charge in [0.1, 0.15) is 0 Å². The van der Waals surface area contributed by atoms with Crippen molar-refractivity contribution in [1.82, 2.24) is 10.3 Å². The molecule has 19 heavy (non-hydrogen) atoms. The Kier molecular flexibility index (Phi) is 5.10. The van der Waals surface area contributed by atoms with E-state index in [1.54, 1.807) is 0 Å². The SMILES string of the molecule is CCCNC(Cc1cccc(C)n1)c1ccccc1. The van der Waals surface area contributed by atoms with E-state index in [1.165, 1.54) is 5.56 Å². The molecule has 0 bridgehead atoms. The highest BCUT2D eigenvalue weighted by Crippen LogP contribution is 2.17. The second kappa shape index (κ2) is 7.05. The zero-order valence-corrected chi connectivity index (χ0v) is 11.8. The quantitative estimate of drug-likeness (QED) is 0.850. The van der Waals surface area contributed by atoms with Gasteiger partial charge in [-0.1, -0.05) is 43.3 Å². The van der Waals surface area contributed by atoms with Gasteiger partial charge in [-0.2, -0.15) is 0 Å². The first kappa shape index (κ1) is 13.8. The Bertz CT molecular complexity index is 494. The van der Waals surface area contributed by atoms with Gasteiger partial charge in [0.05, 0.1) is 0 Å². The molecular weight excluding hydrogens is 232 g/mol. The number of aromatic nitrogens is 1. The van der Waals surface area contributed by atoms with E-state index >= 15 is 0 Å². The Hall–Kier alpha value is -1.67. The molecule has 100 valence electrons. The van der Waals surface area contributed by atoms with Crippen molar-refractivity contribution in [3.63, 3.8) is 0 Å². The number of pyridine rings is 1. The van der Waals surface area contributed by atoms with E-state index in [1.807, 2.05) is 13.0 Å². The van der Waals surface area contributed by atoms with Crippen LogP contribution in [0.5, 0.6) is 0 Å². The number of nitrogens with one attached hydrogen (secondary N) is 1. The van der Waals surface area contributed by atoms with E-state index in [0.717, 1.165) is 30.8 Å². The predicted molar refractivity (Wildman–Crippen MR) is 80.2 cm³/mol. The molecule has 0 saturated heterocycles. The Morgan fingerprint density at radius 2 is 1.84 bits per heavy atom. The van der Waals surface area contributed by atoms with Crippen molar-refractivity contribution < 1.29 is 0 Å². The number of benzene rings is 1. The fourth-order valence-corrected chi connectivity index (χ4v) is 2.23. The lowest BCUT2D eigenvalue weighted by Gasteiger charge is -2.19. The van der Waals surface area contributed by atoms with Crippen molar-refractivity contribution in [2.24, 2.45) is 0 Å². The zero-order valence-electron chi connectivity index (χ0n) is 11.8. The molecule has 0 radical (unpaired) electrons. The Labute approximate surface area is 115 Å². The summed E-state index contributed by atoms with van der Waals surface area (Å²) in [6, 6.07) is 17.2. The molecule has 1 heterocycles. The van der Waals surface area contributed by atoms with E-state index in [-0.39, 0.29) is 0 Å². The molecule has 0 spiro atoms. The van der Waals surface area contributed by atoms with Crippen LogP contribution < -0.4 is 5.32 Å². The minimum absolute atomic E-state index is 0.343. The highest BCUT2D eigenvalue weighted by Gasteiger charge is 2.11. The molecule has 0 fully saturated rings. The van der Waals surface area contributed by atoms with Crippen LogP contribution in [0.4, 0.5) is 0 Å². The summed E-state index contributed by atoms with van der Waals surface area (Å²) in [5.74, 6) is 0. The molecule has 1 atom stereocenters. The number of hydrogen-bond acceptors (Lipinski definition) is 2. The number of aryl methyl sites for hydroxylation is 1. The molecule has 0 aliphatic heterocycles. The van der Waals surface area contributed by atoms with Crippen molar-refractivity contribution in [1.29, 1.82) is 0 Å². The molecule has 2 nitrogen and oxygen atoms in total. The van der Waals surface area contributed by atoms with E-state index in [4.69, 9.17) is 0 Å². The molecular formula is C17H22N2. The summed E-state index contributed by atoms with van der Waals surface area (Å²) >= 11 is 0. The van der Waals surface area contributed by atoms with Gasteiger partial charge < -0.3 is 5.32 Å². The Morgan fingerprint density at radius 3 is 2.53 bits per heavy atom. The number of nitrogens with zero attached hydrogens (tertiary/aromatic N) is 1. The summed E-state index contributed by atoms with van der Waals surface area (Å²) in [7, 11) is 0. The number of hydrogen-bond donors (Lipinski definition) is 1. The first-order chi connectivity index (χ1) is 9.29. The molecule has 1 unspecified atom stereocenters. The second-order valence-electron chi connectivity index (χ2n) is 4.89. The van der Waals surface area contributed by atoms with Gasteiger partial charge in [0.15, 0.2) is 0 Å². The third-order valence-corrected chi connectivity index (χ3v) is 3.20. The van der Waals surface area contributed by atoms with Crippen LogP contribution >= 0.6 is 0 Å². The molecule has 0 aliphatic carbocycles. The van der Waals surface area contributed by atoms with Crippen LogP contribution in [0, 0.1) is 6.92 Å². The normalized spacial score (nSPS) is 12.3. The van der Waals surface area contributed by atoms with E-state index in [9.17, 15) is 0 Å². The smallest absolute Gasteiger partial charge is 0.0425 e. The summed E-state index contributed by atoms with van der Waals surface area (Å²) in [4.78, 5) is 4.61. The lowest BCUT2D eigenvalue weighted by molar-refractivity contribution is 0.524. The maximum absolute atomic E-state index is 4.61. The van der Waals surface area contributed by atoms with Gasteiger partial charge in [0, 0.05) is 23.9 Å². The Morgan fingerprint density at radius 1 is 1.05 bits per heavy atom. The molecule has 2 heteroatoms. The van der Waals surface area contributed by atoms with Gasteiger partial charge in [-0.25, -0.2) is 0 Å². The Balaban J connectivity index is 2.14. The molecule has 1 N–H and O–H groups in total. The summed E-state index contributed by atoms with van der Waals surface area (Å²) in [6.07, 6.45) is 2.08. The molecule has 2 aromatic rings. The fourth-order valence-electron chi connectivity index (χ4n) is 2.23. The van der Waals surface area contributed by atoms with Crippen molar-refractivity contribution in [2.75, 3.05) is 6.54 Å². The second-order valence-corrected chi connectivity index (χ2v) is 4.89. The van der Waals surface area contributed by atoms with Crippen LogP contribution in [0.15, 0.2) is 48.5 Å². The van der Waals surface area contributed by atoms with Crippen LogP contribution in [-0.2, 0) is 6.42 Å². The minimum atomic E-state index is 0.343. The minimum Gasteiger partial charge on any atom is -0.310 e. The maximum atomic E-state index is 4.61. The standard InChI is InChI=1S/C17H22N2/c1-3-12-18-17(15-9-5-4-6-10-15)13-16-11-7-8-14(2)19-16/h4-11,17-18H,3,12-13H2,1-2H3. The fraction of sp³-hybridized carbons (Fsp3) is 0.353. The van der Waals surface area contributed by atoms with Gasteiger partial charge in [-0.15, -0.1) is 0 Å². The van der Waals surface area contributed by atoms with Crippen LogP contribution in [-0.4, -0.2) is 11.5 Å². The maximum Gasteiger partial charge on any atom is 0.0425 e. The summed E-state index contributed by atoms with van der Waals surface area (Å²) in [5, 5.41) is 3.61. The molecule has 0 aliphatic rings. The highest BCUT2D eigenvalue weighted by molar-refractivity contribution is 5.21. The average Bonchev–Trinajstić information content (AvgIpc) is 2.44. The predicted octanol–water partition coefficient (Wildman–Crippen LogP) is 3.67. The summed E-state index contributed by atoms with van der Waals surface area (Å²) in [6.45, 7) is 5.27. The molecule has 0 saturated carbocycles. The van der Waals surface area contributed by atoms with Gasteiger partial charge in [-0.05, 0) is 37.6 Å². The summed E-state index contributed by atoms with van der Waals surface area (Å²) < 4.78 is 0. The van der Waals surface area contributed by atoms with Gasteiger partial charge in [-0.3, -0.25) is 4.98 Å². The molecule has 1 aromatic heterocycles. The van der Waals surface area contributed by atoms with Crippen LogP contribution in [0.25, 0.3) is 0 Å². The van der Waals surface area contributed by atoms with Gasteiger partial charge in [0.2, 0.25) is 0 Å². The van der Waals surface area contributed by atoms with Gasteiger partial charge in [0.25, 0.3) is 0 Å². The van der Waals surface area contributed by atoms with Gasteiger partial charge >= 0.3 is 0 Å². The lowest BCUT2D eigenvalue weighted by atomic mass is 10.0. The topological polar surface area (TPSA) is 24.9 Å². The van der Waals surface area contributed by atoms with E-state index in [2.05, 4.69) is 59.7 Å². The van der Waals surface area contributed by atoms with Crippen molar-refractivity contribution in [3.8, 4) is 0 Å². The molecule has 0 amide bonds. The number of rotatable bonds is 6. The first-order valence-corrected chi connectivity index (χ1v) is 7.00. The monoisotopic (exact) mass is 254 g/mol. The largest absolute Gasteiger partial charge is 0.310 e. The van der Waals surface area contributed by atoms with Crippen LogP contribution in [0.3, 0.4) is 0 Å². The van der Waals surface area contributed by atoms with E-state index in [0.29, 0.717) is 6.04 Å². The summed E-state index contributed by atoms with van der Waals surface area (Å²) in [5.41, 5.74) is 3.57. The average molecular weight is 254 g/mol. The lowest BCUT2D eigenvalue weighted by Crippen LogP contribution is -2.24. The zero-order chi connectivity index (χ0) is 13.5. The van der Waals surface area contributed by atoms with Crippen molar-refractivity contribution >= 4 is 0 Å². The first-order valence-electron chi connectivity index (χ1n) is 7.00. The third kappa shape index (κ3) is 4.18. The van der Waals surface area contributed by atoms with Crippen LogP contribution in [0.1, 0.15) is 36.3 Å². The molecule has 1 aromatic carbocycles. The highest BCUT2D eigenvalue weighted by atomic mass is 14.9. The van der Waals surface area contributed by atoms with Crippen molar-refractivity contribution in [2.45, 2.75) is 32.7 Å². The van der Waals surface area contributed by atoms with Crippen molar-refractivity contribution in [3.05, 3.63) is 65.5 Å². The third-order valence-electron chi connectivity index (χ3n) is 3.20.